The average molecular weight is 210 g/mol. The fourth-order valence-corrected chi connectivity index (χ4v) is 1.82. The third kappa shape index (κ3) is 3.07. The predicted octanol–water partition coefficient (Wildman–Crippen LogP) is 2.01. The Morgan fingerprint density at radius 3 is 3.07 bits per heavy atom. The van der Waals surface area contributed by atoms with Gasteiger partial charge in [0.25, 0.3) is 0 Å². The molecule has 2 N–H and O–H groups in total. The zero-order chi connectivity index (χ0) is 10.4. The standard InChI is InChI=1S/C9H10N2O2S/c10-5-7(1-3-11-9(12)13)8-2-4-14-6-8/h2,4,6-7,11H,1,3H2,(H,12,13). The third-order valence-corrected chi connectivity index (χ3v) is 2.51. The molecule has 1 amide bonds. The van der Waals surface area contributed by atoms with Crippen LogP contribution < -0.4 is 5.32 Å². The van der Waals surface area contributed by atoms with E-state index in [2.05, 4.69) is 11.4 Å². The Kier molecular flexibility index (Phi) is 3.95. The Morgan fingerprint density at radius 1 is 1.79 bits per heavy atom. The number of thiophene rings is 1. The summed E-state index contributed by atoms with van der Waals surface area (Å²) in [6.45, 7) is 0.309. The van der Waals surface area contributed by atoms with Gasteiger partial charge < -0.3 is 10.4 Å². The van der Waals surface area contributed by atoms with Crippen molar-refractivity contribution in [2.45, 2.75) is 12.3 Å². The fraction of sp³-hybridized carbons (Fsp3) is 0.333. The first kappa shape index (κ1) is 10.5. The van der Waals surface area contributed by atoms with Crippen LogP contribution in [0.15, 0.2) is 16.8 Å². The molecule has 0 aliphatic carbocycles. The van der Waals surface area contributed by atoms with E-state index in [1.54, 1.807) is 0 Å². The van der Waals surface area contributed by atoms with Gasteiger partial charge in [-0.2, -0.15) is 16.6 Å². The van der Waals surface area contributed by atoms with Crippen molar-refractivity contribution in [1.29, 1.82) is 5.26 Å². The molecule has 0 spiro atoms. The van der Waals surface area contributed by atoms with Gasteiger partial charge in [0.2, 0.25) is 0 Å². The topological polar surface area (TPSA) is 73.1 Å². The molecule has 0 radical (unpaired) electrons. The predicted molar refractivity (Wildman–Crippen MR) is 53.3 cm³/mol. The van der Waals surface area contributed by atoms with Gasteiger partial charge in [-0.05, 0) is 28.8 Å². The average Bonchev–Trinajstić information content (AvgIpc) is 2.64. The minimum Gasteiger partial charge on any atom is -0.465 e. The van der Waals surface area contributed by atoms with Gasteiger partial charge in [-0.15, -0.1) is 0 Å². The molecule has 0 fully saturated rings. The smallest absolute Gasteiger partial charge is 0.404 e. The molecular formula is C9H10N2O2S. The van der Waals surface area contributed by atoms with Crippen molar-refractivity contribution >= 4 is 17.4 Å². The van der Waals surface area contributed by atoms with Crippen molar-refractivity contribution < 1.29 is 9.90 Å². The van der Waals surface area contributed by atoms with Crippen LogP contribution in [0.1, 0.15) is 17.9 Å². The van der Waals surface area contributed by atoms with E-state index in [9.17, 15) is 4.79 Å². The van der Waals surface area contributed by atoms with Crippen LogP contribution in [-0.4, -0.2) is 17.7 Å². The maximum absolute atomic E-state index is 10.2. The monoisotopic (exact) mass is 210 g/mol. The van der Waals surface area contributed by atoms with E-state index in [4.69, 9.17) is 10.4 Å². The molecule has 5 heteroatoms. The SMILES string of the molecule is N#CC(CCNC(=O)O)c1ccsc1. The Labute approximate surface area is 85.8 Å². The number of amides is 1. The Hall–Kier alpha value is -1.54. The van der Waals surface area contributed by atoms with Gasteiger partial charge in [0.15, 0.2) is 0 Å². The first-order chi connectivity index (χ1) is 6.74. The second-order valence-corrected chi connectivity index (χ2v) is 3.54. The molecule has 0 aliphatic rings. The van der Waals surface area contributed by atoms with Crippen LogP contribution in [0.5, 0.6) is 0 Å². The summed E-state index contributed by atoms with van der Waals surface area (Å²) in [6.07, 6.45) is -0.536. The van der Waals surface area contributed by atoms with E-state index in [1.807, 2.05) is 16.8 Å². The van der Waals surface area contributed by atoms with E-state index in [1.165, 1.54) is 11.3 Å². The second-order valence-electron chi connectivity index (χ2n) is 2.76. The highest BCUT2D eigenvalue weighted by Gasteiger charge is 2.10. The summed E-state index contributed by atoms with van der Waals surface area (Å²) >= 11 is 1.54. The van der Waals surface area contributed by atoms with E-state index >= 15 is 0 Å². The molecule has 1 aromatic rings. The van der Waals surface area contributed by atoms with Crippen LogP contribution in [0, 0.1) is 11.3 Å². The van der Waals surface area contributed by atoms with Crippen molar-refractivity contribution in [2.24, 2.45) is 0 Å². The highest BCUT2D eigenvalue weighted by atomic mass is 32.1. The number of nitrogens with one attached hydrogen (secondary N) is 1. The number of nitriles is 1. The second kappa shape index (κ2) is 5.25. The first-order valence-electron chi connectivity index (χ1n) is 4.12. The van der Waals surface area contributed by atoms with Gasteiger partial charge in [-0.1, -0.05) is 0 Å². The Morgan fingerprint density at radius 2 is 2.57 bits per heavy atom. The number of rotatable bonds is 4. The van der Waals surface area contributed by atoms with Gasteiger partial charge in [-0.3, -0.25) is 0 Å². The fourth-order valence-electron chi connectivity index (χ4n) is 1.10. The van der Waals surface area contributed by atoms with Crippen LogP contribution >= 0.6 is 11.3 Å². The summed E-state index contributed by atoms with van der Waals surface area (Å²) in [7, 11) is 0. The summed E-state index contributed by atoms with van der Waals surface area (Å²) in [5.41, 5.74) is 0.963. The summed E-state index contributed by atoms with van der Waals surface area (Å²) in [6, 6.07) is 4.04. The lowest BCUT2D eigenvalue weighted by molar-refractivity contribution is 0.194. The third-order valence-electron chi connectivity index (χ3n) is 1.81. The summed E-state index contributed by atoms with van der Waals surface area (Å²) < 4.78 is 0. The maximum atomic E-state index is 10.2. The molecule has 14 heavy (non-hydrogen) atoms. The number of carbonyl (C=O) groups is 1. The lowest BCUT2D eigenvalue weighted by Crippen LogP contribution is -2.23. The van der Waals surface area contributed by atoms with Crippen LogP contribution in [0.3, 0.4) is 0 Å². The number of nitrogens with zero attached hydrogens (tertiary/aromatic N) is 1. The van der Waals surface area contributed by atoms with Gasteiger partial charge in [0, 0.05) is 6.54 Å². The highest BCUT2D eigenvalue weighted by Crippen LogP contribution is 2.20. The van der Waals surface area contributed by atoms with Gasteiger partial charge >= 0.3 is 6.09 Å². The lowest BCUT2D eigenvalue weighted by atomic mass is 10.0. The Balaban J connectivity index is 2.42. The molecule has 1 unspecified atom stereocenters. The minimum absolute atomic E-state index is 0.215. The van der Waals surface area contributed by atoms with Crippen molar-refractivity contribution in [3.63, 3.8) is 0 Å². The maximum Gasteiger partial charge on any atom is 0.404 e. The molecule has 1 rings (SSSR count). The molecule has 0 saturated carbocycles. The number of hydrogen-bond donors (Lipinski definition) is 2. The molecule has 1 aromatic heterocycles. The largest absolute Gasteiger partial charge is 0.465 e. The minimum atomic E-state index is -1.05. The van der Waals surface area contributed by atoms with Crippen molar-refractivity contribution in [3.05, 3.63) is 22.4 Å². The quantitative estimate of drug-likeness (QED) is 0.798. The molecule has 4 nitrogen and oxygen atoms in total. The Bertz CT molecular complexity index is 329. The molecular weight excluding hydrogens is 200 g/mol. The molecule has 0 bridgehead atoms. The van der Waals surface area contributed by atoms with Crippen LogP contribution in [0.2, 0.25) is 0 Å². The van der Waals surface area contributed by atoms with E-state index < -0.39 is 6.09 Å². The molecule has 1 atom stereocenters. The van der Waals surface area contributed by atoms with Gasteiger partial charge in [-0.25, -0.2) is 4.79 Å². The highest BCUT2D eigenvalue weighted by molar-refractivity contribution is 7.08. The zero-order valence-electron chi connectivity index (χ0n) is 7.43. The van der Waals surface area contributed by atoms with Crippen LogP contribution in [0.4, 0.5) is 4.79 Å². The summed E-state index contributed by atoms with van der Waals surface area (Å²) in [5.74, 6) is -0.215. The number of carboxylic acid groups (broad SMARTS) is 1. The van der Waals surface area contributed by atoms with Crippen molar-refractivity contribution in [1.82, 2.24) is 5.32 Å². The van der Waals surface area contributed by atoms with Crippen molar-refractivity contribution in [3.8, 4) is 6.07 Å². The lowest BCUT2D eigenvalue weighted by Gasteiger charge is -2.06. The normalized spacial score (nSPS) is 11.6. The summed E-state index contributed by atoms with van der Waals surface area (Å²) in [4.78, 5) is 10.2. The zero-order valence-corrected chi connectivity index (χ0v) is 8.25. The van der Waals surface area contributed by atoms with Crippen molar-refractivity contribution in [2.75, 3.05) is 6.54 Å². The first-order valence-corrected chi connectivity index (χ1v) is 5.07. The molecule has 74 valence electrons. The van der Waals surface area contributed by atoms with Crippen LogP contribution in [0.25, 0.3) is 0 Å². The molecule has 0 saturated heterocycles. The van der Waals surface area contributed by atoms with E-state index in [-0.39, 0.29) is 5.92 Å². The van der Waals surface area contributed by atoms with Gasteiger partial charge in [0.1, 0.15) is 0 Å². The molecule has 0 aliphatic heterocycles. The van der Waals surface area contributed by atoms with E-state index in [0.29, 0.717) is 13.0 Å². The summed E-state index contributed by atoms with van der Waals surface area (Å²) in [5, 5.41) is 23.2. The molecule has 1 heterocycles. The van der Waals surface area contributed by atoms with Crippen LogP contribution in [-0.2, 0) is 0 Å². The van der Waals surface area contributed by atoms with Gasteiger partial charge in [0.05, 0.1) is 12.0 Å². The number of hydrogen-bond acceptors (Lipinski definition) is 3. The van der Waals surface area contributed by atoms with E-state index in [0.717, 1.165) is 5.56 Å². The molecule has 0 aromatic carbocycles.